The minimum Gasteiger partial charge on any atom is -0.444 e. The molecule has 0 aromatic carbocycles. The van der Waals surface area contributed by atoms with Gasteiger partial charge in [-0.1, -0.05) is 13.8 Å². The van der Waals surface area contributed by atoms with E-state index in [-0.39, 0.29) is 23.8 Å². The molecular formula is C18H35N3O3. The Morgan fingerprint density at radius 1 is 1.33 bits per heavy atom. The zero-order chi connectivity index (χ0) is 18.5. The molecule has 0 aromatic rings. The van der Waals surface area contributed by atoms with Crippen molar-refractivity contribution < 1.29 is 14.3 Å². The molecule has 1 fully saturated rings. The molecule has 0 radical (unpaired) electrons. The van der Waals surface area contributed by atoms with E-state index >= 15 is 0 Å². The van der Waals surface area contributed by atoms with Crippen molar-refractivity contribution in [2.45, 2.75) is 66.0 Å². The Hall–Kier alpha value is -1.30. The van der Waals surface area contributed by atoms with Gasteiger partial charge in [-0.15, -0.1) is 0 Å². The van der Waals surface area contributed by atoms with Gasteiger partial charge in [0.25, 0.3) is 0 Å². The maximum absolute atomic E-state index is 12.5. The van der Waals surface area contributed by atoms with Gasteiger partial charge in [-0.05, 0) is 52.4 Å². The van der Waals surface area contributed by atoms with E-state index in [0.717, 1.165) is 19.4 Å². The molecule has 24 heavy (non-hydrogen) atoms. The summed E-state index contributed by atoms with van der Waals surface area (Å²) in [6, 6.07) is -0.463. The first-order valence-corrected chi connectivity index (χ1v) is 9.07. The van der Waals surface area contributed by atoms with Crippen LogP contribution in [-0.2, 0) is 9.53 Å². The van der Waals surface area contributed by atoms with Crippen LogP contribution in [0.1, 0.15) is 54.4 Å². The quantitative estimate of drug-likeness (QED) is 0.833. The predicted molar refractivity (Wildman–Crippen MR) is 95.6 cm³/mol. The number of likely N-dealkylation sites (tertiary alicyclic amines) is 1. The molecule has 1 rings (SSSR count). The highest BCUT2D eigenvalue weighted by atomic mass is 16.6. The Morgan fingerprint density at radius 3 is 2.46 bits per heavy atom. The fraction of sp³-hybridized carbons (Fsp3) is 0.889. The third-order valence-corrected chi connectivity index (χ3v) is 4.35. The molecule has 2 N–H and O–H groups in total. The summed E-state index contributed by atoms with van der Waals surface area (Å²) in [5.41, 5.74) is 5.52. The molecule has 6 heteroatoms. The van der Waals surface area contributed by atoms with E-state index in [1.807, 2.05) is 46.4 Å². The van der Waals surface area contributed by atoms with E-state index in [0.29, 0.717) is 19.6 Å². The lowest BCUT2D eigenvalue weighted by molar-refractivity contribution is -0.134. The number of rotatable bonds is 5. The summed E-state index contributed by atoms with van der Waals surface area (Å²) in [4.78, 5) is 28.3. The lowest BCUT2D eigenvalue weighted by Crippen LogP contribution is -2.50. The molecule has 2 amide bonds. The molecule has 0 saturated carbocycles. The lowest BCUT2D eigenvalue weighted by atomic mass is 9.96. The molecule has 1 heterocycles. The van der Waals surface area contributed by atoms with Crippen LogP contribution in [0.25, 0.3) is 0 Å². The normalized spacial score (nSPS) is 20.0. The number of carbonyl (C=O) groups excluding carboxylic acids is 2. The fourth-order valence-electron chi connectivity index (χ4n) is 2.89. The smallest absolute Gasteiger partial charge is 0.410 e. The minimum atomic E-state index is -0.487. The van der Waals surface area contributed by atoms with Crippen LogP contribution in [-0.4, -0.2) is 59.6 Å². The van der Waals surface area contributed by atoms with Crippen molar-refractivity contribution in [3.8, 4) is 0 Å². The molecule has 0 aromatic heterocycles. The molecule has 1 aliphatic heterocycles. The zero-order valence-electron chi connectivity index (χ0n) is 16.2. The predicted octanol–water partition coefficient (Wildman–Crippen LogP) is 2.47. The van der Waals surface area contributed by atoms with E-state index in [4.69, 9.17) is 10.5 Å². The van der Waals surface area contributed by atoms with Crippen molar-refractivity contribution in [2.24, 2.45) is 17.6 Å². The molecule has 2 atom stereocenters. The lowest BCUT2D eigenvalue weighted by Gasteiger charge is -2.37. The summed E-state index contributed by atoms with van der Waals surface area (Å²) >= 11 is 0. The SMILES string of the molecule is CCN(C[C@H]1CCCN(C(=O)OC(C)(C)C)C1)C(=O)[C@@H](N)C(C)C. The maximum Gasteiger partial charge on any atom is 0.410 e. The van der Waals surface area contributed by atoms with E-state index in [2.05, 4.69) is 0 Å². The molecule has 0 unspecified atom stereocenters. The molecule has 140 valence electrons. The second-order valence-electron chi connectivity index (χ2n) is 8.08. The van der Waals surface area contributed by atoms with Gasteiger partial charge in [0, 0.05) is 26.2 Å². The van der Waals surface area contributed by atoms with Gasteiger partial charge >= 0.3 is 6.09 Å². The summed E-state index contributed by atoms with van der Waals surface area (Å²) in [6.07, 6.45) is 1.69. The number of nitrogens with two attached hydrogens (primary N) is 1. The van der Waals surface area contributed by atoms with E-state index in [1.54, 1.807) is 4.90 Å². The van der Waals surface area contributed by atoms with Crippen LogP contribution in [0.5, 0.6) is 0 Å². The van der Waals surface area contributed by atoms with Gasteiger partial charge in [0.2, 0.25) is 5.91 Å². The van der Waals surface area contributed by atoms with Crippen LogP contribution in [0, 0.1) is 11.8 Å². The average molecular weight is 341 g/mol. The summed E-state index contributed by atoms with van der Waals surface area (Å²) in [7, 11) is 0. The Balaban J connectivity index is 2.63. The number of hydrogen-bond acceptors (Lipinski definition) is 4. The van der Waals surface area contributed by atoms with Crippen LogP contribution in [0.3, 0.4) is 0 Å². The summed E-state index contributed by atoms with van der Waals surface area (Å²) in [5.74, 6) is 0.396. The van der Waals surface area contributed by atoms with Crippen molar-refractivity contribution in [3.05, 3.63) is 0 Å². The Kier molecular flexibility index (Phi) is 7.52. The molecule has 0 spiro atoms. The van der Waals surface area contributed by atoms with Crippen molar-refractivity contribution in [3.63, 3.8) is 0 Å². The highest BCUT2D eigenvalue weighted by Gasteiger charge is 2.30. The third-order valence-electron chi connectivity index (χ3n) is 4.35. The van der Waals surface area contributed by atoms with Gasteiger partial charge in [0.15, 0.2) is 0 Å². The first kappa shape index (κ1) is 20.7. The zero-order valence-corrected chi connectivity index (χ0v) is 16.2. The van der Waals surface area contributed by atoms with Crippen LogP contribution in [0.2, 0.25) is 0 Å². The topological polar surface area (TPSA) is 75.9 Å². The standard InChI is InChI=1S/C18H35N3O3/c1-7-20(16(22)15(19)13(2)3)11-14-9-8-10-21(12-14)17(23)24-18(4,5)6/h13-15H,7-12,19H2,1-6H3/t14-,15+/m1/s1. The summed E-state index contributed by atoms with van der Waals surface area (Å²) in [6.45, 7) is 14.1. The van der Waals surface area contributed by atoms with E-state index in [9.17, 15) is 9.59 Å². The number of piperidine rings is 1. The third kappa shape index (κ3) is 6.30. The second kappa shape index (κ2) is 8.70. The summed E-state index contributed by atoms with van der Waals surface area (Å²) < 4.78 is 5.46. The Morgan fingerprint density at radius 2 is 1.96 bits per heavy atom. The molecular weight excluding hydrogens is 306 g/mol. The molecule has 1 saturated heterocycles. The molecule has 0 aliphatic carbocycles. The highest BCUT2D eigenvalue weighted by molar-refractivity contribution is 5.81. The molecule has 1 aliphatic rings. The number of amides is 2. The number of carbonyl (C=O) groups is 2. The van der Waals surface area contributed by atoms with Gasteiger partial charge in [-0.25, -0.2) is 4.79 Å². The van der Waals surface area contributed by atoms with Crippen LogP contribution in [0.4, 0.5) is 4.79 Å². The Bertz CT molecular complexity index is 432. The van der Waals surface area contributed by atoms with Crippen LogP contribution < -0.4 is 5.73 Å². The van der Waals surface area contributed by atoms with Crippen molar-refractivity contribution in [2.75, 3.05) is 26.2 Å². The van der Waals surface area contributed by atoms with Crippen molar-refractivity contribution >= 4 is 12.0 Å². The van der Waals surface area contributed by atoms with Gasteiger partial charge < -0.3 is 20.3 Å². The Labute approximate surface area is 146 Å². The first-order chi connectivity index (χ1) is 11.0. The van der Waals surface area contributed by atoms with Gasteiger partial charge in [-0.3, -0.25) is 4.79 Å². The van der Waals surface area contributed by atoms with Crippen molar-refractivity contribution in [1.82, 2.24) is 9.80 Å². The summed E-state index contributed by atoms with van der Waals surface area (Å²) in [5, 5.41) is 0. The fourth-order valence-corrected chi connectivity index (χ4v) is 2.89. The van der Waals surface area contributed by atoms with Crippen LogP contribution >= 0.6 is 0 Å². The van der Waals surface area contributed by atoms with E-state index < -0.39 is 11.6 Å². The number of likely N-dealkylation sites (N-methyl/N-ethyl adjacent to an activating group) is 1. The largest absolute Gasteiger partial charge is 0.444 e. The number of hydrogen-bond donors (Lipinski definition) is 1. The minimum absolute atomic E-state index is 0.00175. The average Bonchev–Trinajstić information content (AvgIpc) is 2.49. The monoisotopic (exact) mass is 341 g/mol. The number of nitrogens with zero attached hydrogens (tertiary/aromatic N) is 2. The van der Waals surface area contributed by atoms with E-state index in [1.165, 1.54) is 0 Å². The van der Waals surface area contributed by atoms with Crippen LogP contribution in [0.15, 0.2) is 0 Å². The van der Waals surface area contributed by atoms with Gasteiger partial charge in [0.05, 0.1) is 6.04 Å². The molecule has 6 nitrogen and oxygen atoms in total. The second-order valence-corrected chi connectivity index (χ2v) is 8.08. The number of ether oxygens (including phenoxy) is 1. The first-order valence-electron chi connectivity index (χ1n) is 9.07. The van der Waals surface area contributed by atoms with Gasteiger partial charge in [0.1, 0.15) is 5.60 Å². The van der Waals surface area contributed by atoms with Gasteiger partial charge in [-0.2, -0.15) is 0 Å². The van der Waals surface area contributed by atoms with Crippen molar-refractivity contribution in [1.29, 1.82) is 0 Å². The maximum atomic E-state index is 12.5. The highest BCUT2D eigenvalue weighted by Crippen LogP contribution is 2.21. The molecule has 0 bridgehead atoms.